The Morgan fingerprint density at radius 2 is 1.81 bits per heavy atom. The first-order valence-electron chi connectivity index (χ1n) is 12.9. The Morgan fingerprint density at radius 3 is 2.59 bits per heavy atom. The smallest absolute Gasteiger partial charge is 0.407 e. The Bertz CT molecular complexity index is 1360. The third kappa shape index (κ3) is 5.30. The highest BCUT2D eigenvalue weighted by atomic mass is 16.5. The third-order valence-electron chi connectivity index (χ3n) is 7.43. The van der Waals surface area contributed by atoms with Gasteiger partial charge in [-0.25, -0.2) is 19.6 Å². The maximum Gasteiger partial charge on any atom is 0.407 e. The Kier molecular flexibility index (Phi) is 7.11. The van der Waals surface area contributed by atoms with E-state index in [2.05, 4.69) is 25.9 Å². The molecule has 3 aromatic rings. The van der Waals surface area contributed by atoms with Crippen LogP contribution < -0.4 is 21.6 Å². The number of nitrogens with zero attached hydrogens (tertiary/aromatic N) is 4. The number of alkyl carbamates (subject to hydrolysis) is 1. The Labute approximate surface area is 214 Å². The predicted molar refractivity (Wildman–Crippen MR) is 139 cm³/mol. The zero-order chi connectivity index (χ0) is 25.9. The molecule has 3 aromatic heterocycles. The van der Waals surface area contributed by atoms with E-state index in [4.69, 9.17) is 4.74 Å². The van der Waals surface area contributed by atoms with Crippen LogP contribution in [0.15, 0.2) is 35.3 Å². The van der Waals surface area contributed by atoms with Gasteiger partial charge in [-0.15, -0.1) is 0 Å². The highest BCUT2D eigenvalue weighted by molar-refractivity contribution is 5.93. The molecular formula is C26H33N7O4. The molecule has 2 fully saturated rings. The second-order valence-electron chi connectivity index (χ2n) is 9.91. The summed E-state index contributed by atoms with van der Waals surface area (Å²) in [6, 6.07) is 7.19. The molecule has 0 radical (unpaired) electrons. The van der Waals surface area contributed by atoms with Gasteiger partial charge in [-0.05, 0) is 44.2 Å². The van der Waals surface area contributed by atoms with Crippen LogP contribution in [-0.2, 0) is 11.8 Å². The van der Waals surface area contributed by atoms with Crippen LogP contribution >= 0.6 is 0 Å². The molecule has 2 atom stereocenters. The molecule has 0 saturated heterocycles. The lowest BCUT2D eigenvalue weighted by Gasteiger charge is -2.22. The van der Waals surface area contributed by atoms with Crippen molar-refractivity contribution in [2.45, 2.75) is 69.5 Å². The number of carbonyl (C=O) groups excluding carboxylic acids is 2. The molecule has 3 N–H and O–H groups in total. The minimum atomic E-state index is -0.464. The van der Waals surface area contributed by atoms with Gasteiger partial charge in [0, 0.05) is 31.2 Å². The predicted octanol–water partition coefficient (Wildman–Crippen LogP) is 3.39. The molecule has 0 aliphatic heterocycles. The fourth-order valence-electron chi connectivity index (χ4n) is 5.49. The van der Waals surface area contributed by atoms with Crippen LogP contribution in [0.5, 0.6) is 0 Å². The average molecular weight is 508 g/mol. The number of rotatable bonds is 6. The van der Waals surface area contributed by atoms with Crippen molar-refractivity contribution >= 4 is 34.7 Å². The number of methoxy groups -OCH3 is 1. The summed E-state index contributed by atoms with van der Waals surface area (Å²) >= 11 is 0. The normalized spacial score (nSPS) is 20.1. The van der Waals surface area contributed by atoms with Gasteiger partial charge in [0.2, 0.25) is 0 Å². The van der Waals surface area contributed by atoms with Gasteiger partial charge >= 0.3 is 11.8 Å². The maximum absolute atomic E-state index is 13.1. The lowest BCUT2D eigenvalue weighted by molar-refractivity contribution is 0.0922. The highest BCUT2D eigenvalue weighted by Crippen LogP contribution is 2.32. The van der Waals surface area contributed by atoms with Crippen LogP contribution in [0.3, 0.4) is 0 Å². The summed E-state index contributed by atoms with van der Waals surface area (Å²) < 4.78 is 8.08. The fourth-order valence-corrected chi connectivity index (χ4v) is 5.49. The molecule has 2 saturated carbocycles. The summed E-state index contributed by atoms with van der Waals surface area (Å²) in [6.07, 6.45) is 8.88. The van der Waals surface area contributed by atoms with Crippen LogP contribution in [0.4, 0.5) is 16.4 Å². The number of ether oxygens (including phenoxy) is 1. The van der Waals surface area contributed by atoms with Crippen LogP contribution in [0.2, 0.25) is 0 Å². The first-order chi connectivity index (χ1) is 17.9. The van der Waals surface area contributed by atoms with E-state index in [1.54, 1.807) is 40.6 Å². The molecule has 0 unspecified atom stereocenters. The highest BCUT2D eigenvalue weighted by Gasteiger charge is 2.30. The summed E-state index contributed by atoms with van der Waals surface area (Å²) in [4.78, 5) is 46.5. The van der Waals surface area contributed by atoms with E-state index in [1.807, 2.05) is 6.07 Å². The summed E-state index contributed by atoms with van der Waals surface area (Å²) in [7, 11) is 3.07. The van der Waals surface area contributed by atoms with E-state index in [1.165, 1.54) is 13.5 Å². The number of aromatic nitrogens is 4. The number of nitrogens with one attached hydrogen (secondary N) is 3. The van der Waals surface area contributed by atoms with Gasteiger partial charge < -0.3 is 20.7 Å². The van der Waals surface area contributed by atoms with E-state index >= 15 is 0 Å². The molecular weight excluding hydrogens is 474 g/mol. The third-order valence-corrected chi connectivity index (χ3v) is 7.43. The quantitative estimate of drug-likeness (QED) is 0.466. The molecule has 11 nitrogen and oxygen atoms in total. The molecule has 37 heavy (non-hydrogen) atoms. The van der Waals surface area contributed by atoms with Gasteiger partial charge in [0.25, 0.3) is 5.91 Å². The number of fused-ring (bicyclic) bond motifs is 1. The van der Waals surface area contributed by atoms with Gasteiger partial charge in [0.1, 0.15) is 17.3 Å². The van der Waals surface area contributed by atoms with Crippen molar-refractivity contribution in [3.8, 4) is 0 Å². The molecule has 0 bridgehead atoms. The van der Waals surface area contributed by atoms with Crippen molar-refractivity contribution in [1.29, 1.82) is 0 Å². The zero-order valence-electron chi connectivity index (χ0n) is 21.2. The van der Waals surface area contributed by atoms with Crippen molar-refractivity contribution in [2.75, 3.05) is 12.4 Å². The number of carbonyl (C=O) groups is 2. The van der Waals surface area contributed by atoms with E-state index in [0.29, 0.717) is 29.3 Å². The van der Waals surface area contributed by atoms with Crippen LogP contribution in [0.25, 0.3) is 11.0 Å². The number of pyridine rings is 2. The van der Waals surface area contributed by atoms with Crippen LogP contribution in [0, 0.1) is 0 Å². The SMILES string of the molecule is COC(=O)N[C@@H]1CC[C@@H](n2c(=O)n(C)c3cnc(Nc4cccc(C(=O)NC5CCCCC5)n4)cc32)C1. The summed E-state index contributed by atoms with van der Waals surface area (Å²) in [5.41, 5.74) is 1.69. The Balaban J connectivity index is 1.35. The molecule has 3 heterocycles. The van der Waals surface area contributed by atoms with Gasteiger partial charge in [-0.3, -0.25) is 13.9 Å². The van der Waals surface area contributed by atoms with E-state index in [0.717, 1.165) is 44.0 Å². The topological polar surface area (TPSA) is 132 Å². The molecule has 2 aliphatic carbocycles. The fraction of sp³-hybridized carbons (Fsp3) is 0.500. The minimum absolute atomic E-state index is 0.0502. The molecule has 11 heteroatoms. The van der Waals surface area contributed by atoms with Gasteiger partial charge in [-0.1, -0.05) is 25.3 Å². The van der Waals surface area contributed by atoms with Crippen molar-refractivity contribution in [1.82, 2.24) is 29.7 Å². The van der Waals surface area contributed by atoms with Crippen LogP contribution in [-0.4, -0.2) is 50.3 Å². The summed E-state index contributed by atoms with van der Waals surface area (Å²) in [6.45, 7) is 0. The van der Waals surface area contributed by atoms with Crippen molar-refractivity contribution in [3.63, 3.8) is 0 Å². The second kappa shape index (κ2) is 10.6. The first-order valence-corrected chi connectivity index (χ1v) is 12.9. The maximum atomic E-state index is 13.1. The summed E-state index contributed by atoms with van der Waals surface area (Å²) in [5.74, 6) is 0.842. The lowest BCUT2D eigenvalue weighted by atomic mass is 9.95. The average Bonchev–Trinajstić information content (AvgIpc) is 3.46. The lowest BCUT2D eigenvalue weighted by Crippen LogP contribution is -2.36. The van der Waals surface area contributed by atoms with Crippen molar-refractivity contribution < 1.29 is 14.3 Å². The monoisotopic (exact) mass is 507 g/mol. The van der Waals surface area contributed by atoms with Crippen molar-refractivity contribution in [3.05, 3.63) is 46.6 Å². The van der Waals surface area contributed by atoms with Gasteiger partial charge in [-0.2, -0.15) is 0 Å². The molecule has 2 amide bonds. The second-order valence-corrected chi connectivity index (χ2v) is 9.91. The largest absolute Gasteiger partial charge is 0.453 e. The van der Waals surface area contributed by atoms with Crippen molar-refractivity contribution in [2.24, 2.45) is 7.05 Å². The van der Waals surface area contributed by atoms with Gasteiger partial charge in [0.05, 0.1) is 24.3 Å². The Hall–Kier alpha value is -3.89. The minimum Gasteiger partial charge on any atom is -0.453 e. The number of anilines is 2. The summed E-state index contributed by atoms with van der Waals surface area (Å²) in [5, 5.41) is 9.12. The molecule has 5 rings (SSSR count). The molecule has 2 aliphatic rings. The number of imidazole rings is 1. The number of hydrogen-bond acceptors (Lipinski definition) is 7. The molecule has 0 aromatic carbocycles. The van der Waals surface area contributed by atoms with E-state index in [9.17, 15) is 14.4 Å². The first kappa shape index (κ1) is 24.8. The zero-order valence-corrected chi connectivity index (χ0v) is 21.2. The number of amides is 2. The standard InChI is InChI=1S/C26H33N7O4/c1-32-21-15-27-23(14-20(21)33(26(32)36)18-12-11-17(13-18)29-25(35)37-2)31-22-10-6-9-19(30-22)24(34)28-16-7-4-3-5-8-16/h6,9-10,14-18H,3-5,7-8,11-13H2,1-2H3,(H,28,34)(H,29,35)(H,27,30,31)/t17-,18-/m1/s1. The van der Waals surface area contributed by atoms with E-state index < -0.39 is 6.09 Å². The van der Waals surface area contributed by atoms with E-state index in [-0.39, 0.29) is 29.7 Å². The van der Waals surface area contributed by atoms with Gasteiger partial charge in [0.15, 0.2) is 0 Å². The number of hydrogen-bond donors (Lipinski definition) is 3. The molecule has 0 spiro atoms. The Morgan fingerprint density at radius 1 is 1.00 bits per heavy atom. The van der Waals surface area contributed by atoms with Crippen LogP contribution in [0.1, 0.15) is 67.9 Å². The molecule has 196 valence electrons. The number of aryl methyl sites for hydroxylation is 1.